The molecule has 100 heavy (non-hydrogen) atoms. The summed E-state index contributed by atoms with van der Waals surface area (Å²) in [7, 11) is 0. The number of halogens is 5. The van der Waals surface area contributed by atoms with E-state index in [-0.39, 0.29) is 28.9 Å². The van der Waals surface area contributed by atoms with Gasteiger partial charge in [0, 0.05) is 54.4 Å². The molecule has 0 atom stereocenters. The summed E-state index contributed by atoms with van der Waals surface area (Å²) in [5.74, 6) is 0.931. The molecule has 0 aromatic heterocycles. The number of hydrogen-bond donors (Lipinski definition) is 3. The summed E-state index contributed by atoms with van der Waals surface area (Å²) in [5.41, 5.74) is 20.8. The molecule has 2 amide bonds. The van der Waals surface area contributed by atoms with Gasteiger partial charge < -0.3 is 51.8 Å². The average molecular weight is 1520 g/mol. The summed E-state index contributed by atoms with van der Waals surface area (Å²) in [4.78, 5) is 72.1. The van der Waals surface area contributed by atoms with Crippen molar-refractivity contribution < 1.29 is 83.1 Å². The van der Waals surface area contributed by atoms with Gasteiger partial charge in [-0.3, -0.25) is 24.1 Å². The Bertz CT molecular complexity index is 3390. The number of ether oxygens (including phenoxy) is 2. The van der Waals surface area contributed by atoms with Crippen molar-refractivity contribution in [3.05, 3.63) is 211 Å². The SMILES string of the molecule is CC(C)(C)OC(=O)NCc1ccc(CBr)cc1.CCN(CC)CC(=O)Cc1c(C)cccc1C.CC[N+](CC)(CC(=O)Cc1c(C)cccc1C)Cc1ccc(CNC(=O)OC(C)(C)C)cc1.CC[N+](CC)(CC(=O)Cc1c(C)cccc1C)Cc1ccc(C[NH3+])cc1.O=CC(F)(F)F.[Br-]. The number of alkyl halides is 4. The molecule has 0 heterocycles. The van der Waals surface area contributed by atoms with Gasteiger partial charge in [0.05, 0.1) is 39.3 Å². The Morgan fingerprint density at radius 3 is 0.990 bits per heavy atom. The predicted octanol–water partition coefficient (Wildman–Crippen LogP) is 12.8. The van der Waals surface area contributed by atoms with Crippen LogP contribution in [0.25, 0.3) is 0 Å². The Balaban J connectivity index is 0.000000668. The number of carbonyl (C=O) groups excluding carboxylic acids is 6. The third-order valence-electron chi connectivity index (χ3n) is 17.4. The lowest BCUT2D eigenvalue weighted by Crippen LogP contribution is -3.00. The quantitative estimate of drug-likeness (QED) is 0.0245. The average Bonchev–Trinajstić information content (AvgIpc) is 0.840. The maximum absolute atomic E-state index is 13.1. The van der Waals surface area contributed by atoms with Gasteiger partial charge in [0.15, 0.2) is 17.3 Å². The fourth-order valence-corrected chi connectivity index (χ4v) is 11.5. The highest BCUT2D eigenvalue weighted by Crippen LogP contribution is 2.23. The highest BCUT2D eigenvalue weighted by molar-refractivity contribution is 9.08. The number of benzene rings is 6. The van der Waals surface area contributed by atoms with Crippen molar-refractivity contribution in [2.45, 2.75) is 199 Å². The van der Waals surface area contributed by atoms with Crippen molar-refractivity contribution in [1.29, 1.82) is 0 Å². The zero-order valence-corrected chi connectivity index (χ0v) is 66.3. The van der Waals surface area contributed by atoms with Crippen LogP contribution in [0, 0.1) is 41.5 Å². The lowest BCUT2D eigenvalue weighted by atomic mass is 9.97. The van der Waals surface area contributed by atoms with E-state index in [1.165, 1.54) is 66.8 Å². The Kier molecular flexibility index (Phi) is 41.2. The van der Waals surface area contributed by atoms with Crippen molar-refractivity contribution in [2.24, 2.45) is 0 Å². The third kappa shape index (κ3) is 35.6. The number of Topliss-reactive ketones (excluding diaryl/α,β-unsaturated/α-hetero) is 3. The molecule has 552 valence electrons. The van der Waals surface area contributed by atoms with E-state index in [4.69, 9.17) is 14.3 Å². The van der Waals surface area contributed by atoms with E-state index in [0.717, 1.165) is 89.9 Å². The second-order valence-electron chi connectivity index (χ2n) is 27.5. The molecule has 0 saturated heterocycles. The molecule has 0 spiro atoms. The van der Waals surface area contributed by atoms with E-state index in [1.54, 1.807) is 0 Å². The number of likely N-dealkylation sites (N-methyl/N-ethyl adjacent to an activating group) is 3. The van der Waals surface area contributed by atoms with Gasteiger partial charge in [-0.15, -0.1) is 0 Å². The first-order valence-electron chi connectivity index (χ1n) is 34.6. The molecule has 0 aliphatic heterocycles. The van der Waals surface area contributed by atoms with Crippen molar-refractivity contribution in [3.8, 4) is 0 Å². The molecule has 6 aromatic carbocycles. The Morgan fingerprint density at radius 1 is 0.470 bits per heavy atom. The minimum absolute atomic E-state index is 0. The number of alkyl carbamates (subject to hydrolysis) is 2. The van der Waals surface area contributed by atoms with Crippen LogP contribution in [-0.2, 0) is 86.0 Å². The van der Waals surface area contributed by atoms with E-state index < -0.39 is 29.8 Å². The number of amides is 2. The van der Waals surface area contributed by atoms with Crippen LogP contribution in [0.2, 0.25) is 0 Å². The van der Waals surface area contributed by atoms with Gasteiger partial charge in [-0.25, -0.2) is 9.59 Å². The fraction of sp³-hybridized carbons (Fsp3) is 0.481. The second-order valence-corrected chi connectivity index (χ2v) is 28.1. The molecule has 0 aliphatic carbocycles. The van der Waals surface area contributed by atoms with Crippen LogP contribution in [0.1, 0.15) is 167 Å². The molecule has 0 unspecified atom stereocenters. The maximum atomic E-state index is 13.1. The van der Waals surface area contributed by atoms with E-state index in [0.29, 0.717) is 63.6 Å². The Labute approximate surface area is 615 Å². The monoisotopic (exact) mass is 1520 g/mol. The van der Waals surface area contributed by atoms with Gasteiger partial charge in [0.25, 0.3) is 0 Å². The number of hydrogen-bond acceptors (Lipinski definition) is 9. The lowest BCUT2D eigenvalue weighted by molar-refractivity contribution is -0.930. The largest absolute Gasteiger partial charge is 1.00 e. The second kappa shape index (κ2) is 45.2. The molecule has 19 heteroatoms. The van der Waals surface area contributed by atoms with E-state index in [9.17, 15) is 37.1 Å². The minimum atomic E-state index is -4.64. The third-order valence-corrected chi connectivity index (χ3v) is 18.1. The van der Waals surface area contributed by atoms with Crippen molar-refractivity contribution in [3.63, 3.8) is 0 Å². The van der Waals surface area contributed by atoms with Crippen LogP contribution in [0.4, 0.5) is 22.8 Å². The van der Waals surface area contributed by atoms with Gasteiger partial charge >= 0.3 is 18.4 Å². The van der Waals surface area contributed by atoms with Crippen molar-refractivity contribution >= 4 is 51.8 Å². The van der Waals surface area contributed by atoms with Gasteiger partial charge in [-0.05, 0) is 191 Å². The van der Waals surface area contributed by atoms with Crippen LogP contribution < -0.4 is 33.3 Å². The molecule has 0 radical (unpaired) electrons. The summed E-state index contributed by atoms with van der Waals surface area (Å²) in [5, 5.41) is 6.35. The number of quaternary nitrogens is 3. The summed E-state index contributed by atoms with van der Waals surface area (Å²) in [6.07, 6.45) is -4.90. The molecule has 0 bridgehead atoms. The van der Waals surface area contributed by atoms with Crippen molar-refractivity contribution in [1.82, 2.24) is 15.5 Å². The Hall–Kier alpha value is -6.87. The number of nitrogens with zero attached hydrogens (tertiary/aromatic N) is 3. The molecule has 0 saturated carbocycles. The normalized spacial score (nSPS) is 11.3. The van der Waals surface area contributed by atoms with Crippen LogP contribution >= 0.6 is 15.9 Å². The first kappa shape index (κ1) is 91.1. The first-order chi connectivity index (χ1) is 46.4. The standard InChI is InChI=1S/C28H40N2O3.C23H33N2O.C15H23NO.C13H18BrNO2.C2HF3O.BrH/c1-8-30(9-2,20-25(31)17-26-21(3)11-10-12-22(26)4)19-24-15-13-23(14-16-24)18-29-27(32)33-28(5,6)7;1-5-25(6-2,16-21-12-10-20(15-24)11-13-21)17-22(26)14-23-18(3)8-7-9-19(23)4;1-5-16(6-2)11-14(17)10-15-12(3)8-7-9-13(15)4;1-13(2,3)17-12(16)15-9-11-6-4-10(8-14)5-7-11;3-2(4,5)1-6;/h10-16H,8-9,17-20H2,1-7H3;7-13H,5-6,14-17,24H2,1-4H3;7-9H,5-6,10-11H2,1-4H3;4-7H,8-9H2,1-3H3,(H,15,16);1H;1H/q;+1;;;;/p+1. The zero-order chi connectivity index (χ0) is 74.7. The highest BCUT2D eigenvalue weighted by atomic mass is 79.9. The Morgan fingerprint density at radius 2 is 0.740 bits per heavy atom. The minimum Gasteiger partial charge on any atom is -1.00 e. The number of aldehydes is 1. The van der Waals surface area contributed by atoms with E-state index in [1.807, 2.05) is 90.1 Å². The summed E-state index contributed by atoms with van der Waals surface area (Å²) < 4.78 is 43.2. The molecule has 0 aliphatic rings. The van der Waals surface area contributed by atoms with Crippen LogP contribution in [-0.4, -0.2) is 126 Å². The summed E-state index contributed by atoms with van der Waals surface area (Å²) >= 11 is 3.39. The van der Waals surface area contributed by atoms with Gasteiger partial charge in [-0.1, -0.05) is 157 Å². The topological polar surface area (TPSA) is 176 Å². The van der Waals surface area contributed by atoms with Crippen LogP contribution in [0.15, 0.2) is 127 Å². The predicted molar refractivity (Wildman–Crippen MR) is 398 cm³/mol. The number of rotatable bonds is 28. The lowest BCUT2D eigenvalue weighted by Gasteiger charge is -2.36. The van der Waals surface area contributed by atoms with Crippen molar-refractivity contribution in [2.75, 3.05) is 58.9 Å². The molecular formula is C81H117Br2F3N6O8+2. The molecule has 6 rings (SSSR count). The molecule has 5 N–H and O–H groups in total. The summed E-state index contributed by atoms with van der Waals surface area (Å²) in [6, 6.07) is 43.7. The van der Waals surface area contributed by atoms with Crippen LogP contribution in [0.5, 0.6) is 0 Å². The number of aryl methyl sites for hydroxylation is 6. The number of ketones is 3. The van der Waals surface area contributed by atoms with Crippen LogP contribution in [0.3, 0.4) is 0 Å². The molecule has 6 aromatic rings. The number of carbonyl (C=O) groups is 6. The first-order valence-corrected chi connectivity index (χ1v) is 35.7. The van der Waals surface area contributed by atoms with Gasteiger partial charge in [0.2, 0.25) is 6.29 Å². The molecular weight excluding hydrogens is 1400 g/mol. The van der Waals surface area contributed by atoms with Gasteiger partial charge in [-0.2, -0.15) is 13.2 Å². The van der Waals surface area contributed by atoms with E-state index in [2.05, 4.69) is 199 Å². The zero-order valence-electron chi connectivity index (χ0n) is 63.1. The smallest absolute Gasteiger partial charge is 0.446 e. The highest BCUT2D eigenvalue weighted by Gasteiger charge is 2.30. The molecule has 14 nitrogen and oxygen atoms in total. The van der Waals surface area contributed by atoms with E-state index >= 15 is 0 Å². The molecule has 0 fully saturated rings. The number of nitrogens with one attached hydrogen (secondary N) is 2. The maximum Gasteiger partial charge on any atom is 0.446 e. The van der Waals surface area contributed by atoms with Gasteiger partial charge in [0.1, 0.15) is 37.4 Å². The summed E-state index contributed by atoms with van der Waals surface area (Å²) in [6.45, 7) is 47.2. The fourth-order valence-electron chi connectivity index (χ4n) is 11.1.